The number of hydrogen-bond donors (Lipinski definition) is 0. The summed E-state index contributed by atoms with van der Waals surface area (Å²) in [5, 5.41) is 8.94. The third-order valence-electron chi connectivity index (χ3n) is 2.94. The molecule has 0 aliphatic heterocycles. The fourth-order valence-corrected chi connectivity index (χ4v) is 1.71. The van der Waals surface area contributed by atoms with Gasteiger partial charge in [-0.25, -0.2) is 4.98 Å². The van der Waals surface area contributed by atoms with Gasteiger partial charge < -0.3 is 9.30 Å². The fraction of sp³-hybridized carbons (Fsp3) is 0.286. The summed E-state index contributed by atoms with van der Waals surface area (Å²) < 4.78 is 7.67. The molecular weight excluding hydrogens is 226 g/mol. The van der Waals surface area contributed by atoms with E-state index in [1.807, 2.05) is 42.9 Å². The normalized spacial score (nSPS) is 10.1. The van der Waals surface area contributed by atoms with E-state index in [0.717, 1.165) is 17.9 Å². The van der Waals surface area contributed by atoms with E-state index in [1.165, 1.54) is 0 Å². The molecule has 0 unspecified atom stereocenters. The van der Waals surface area contributed by atoms with Crippen LogP contribution in [-0.4, -0.2) is 16.2 Å². The van der Waals surface area contributed by atoms with Gasteiger partial charge in [0, 0.05) is 5.69 Å². The molecule has 0 radical (unpaired) electrons. The quantitative estimate of drug-likeness (QED) is 0.826. The van der Waals surface area contributed by atoms with Crippen LogP contribution < -0.4 is 4.74 Å². The monoisotopic (exact) mass is 241 g/mol. The lowest BCUT2D eigenvalue weighted by molar-refractivity contribution is 0.296. The van der Waals surface area contributed by atoms with Gasteiger partial charge in [-0.1, -0.05) is 12.1 Å². The maximum absolute atomic E-state index is 8.94. The molecule has 18 heavy (non-hydrogen) atoms. The van der Waals surface area contributed by atoms with Crippen LogP contribution in [0.25, 0.3) is 0 Å². The predicted octanol–water partition coefficient (Wildman–Crippen LogP) is 2.45. The summed E-state index contributed by atoms with van der Waals surface area (Å²) >= 11 is 0. The van der Waals surface area contributed by atoms with Gasteiger partial charge in [0.2, 0.25) is 0 Å². The molecule has 1 aromatic carbocycles. The number of aromatic nitrogens is 2. The van der Waals surface area contributed by atoms with Crippen LogP contribution in [0.2, 0.25) is 0 Å². The summed E-state index contributed by atoms with van der Waals surface area (Å²) in [6.45, 7) is 5.27. The summed E-state index contributed by atoms with van der Waals surface area (Å²) in [5.74, 6) is 0.634. The largest absolute Gasteiger partial charge is 0.490 e. The van der Waals surface area contributed by atoms with Crippen LogP contribution in [0.3, 0.4) is 0 Å². The molecule has 0 N–H and O–H groups in total. The van der Waals surface area contributed by atoms with Crippen LogP contribution in [0.15, 0.2) is 30.6 Å². The van der Waals surface area contributed by atoms with Crippen LogP contribution in [0.1, 0.15) is 17.0 Å². The van der Waals surface area contributed by atoms with E-state index in [-0.39, 0.29) is 0 Å². The first-order valence-corrected chi connectivity index (χ1v) is 5.82. The highest BCUT2D eigenvalue weighted by Gasteiger charge is 2.04. The molecule has 4 nitrogen and oxygen atoms in total. The number of benzene rings is 1. The molecule has 0 aliphatic rings. The maximum Gasteiger partial charge on any atom is 0.137 e. The zero-order valence-electron chi connectivity index (χ0n) is 10.6. The van der Waals surface area contributed by atoms with E-state index in [2.05, 4.69) is 11.1 Å². The van der Waals surface area contributed by atoms with Gasteiger partial charge in [-0.15, -0.1) is 0 Å². The minimum Gasteiger partial charge on any atom is -0.490 e. The van der Waals surface area contributed by atoms with Gasteiger partial charge in [-0.3, -0.25) is 0 Å². The van der Waals surface area contributed by atoms with Crippen molar-refractivity contribution >= 4 is 0 Å². The molecule has 0 fully saturated rings. The molecule has 0 saturated heterocycles. The molecule has 2 aromatic rings. The van der Waals surface area contributed by atoms with Gasteiger partial charge >= 0.3 is 0 Å². The molecule has 0 saturated carbocycles. The molecule has 4 heteroatoms. The van der Waals surface area contributed by atoms with Gasteiger partial charge in [0.15, 0.2) is 0 Å². The summed E-state index contributed by atoms with van der Waals surface area (Å²) in [4.78, 5) is 4.23. The molecule has 0 aliphatic carbocycles. The number of nitriles is 1. The minimum atomic E-state index is 0.523. The molecule has 0 amide bonds. The molecular formula is C14H15N3O. The molecule has 0 bridgehead atoms. The van der Waals surface area contributed by atoms with Crippen LogP contribution in [0.5, 0.6) is 5.75 Å². The number of aryl methyl sites for hydroxylation is 1. The SMILES string of the molecule is Cc1ncn(CCOc2ccccc2C#N)c1C. The second-order valence-corrected chi connectivity index (χ2v) is 4.07. The van der Waals surface area contributed by atoms with Gasteiger partial charge in [0.05, 0.1) is 24.1 Å². The lowest BCUT2D eigenvalue weighted by Crippen LogP contribution is -2.09. The van der Waals surface area contributed by atoms with Crippen molar-refractivity contribution in [2.24, 2.45) is 0 Å². The third-order valence-corrected chi connectivity index (χ3v) is 2.94. The van der Waals surface area contributed by atoms with Crippen LogP contribution >= 0.6 is 0 Å². The van der Waals surface area contributed by atoms with Crippen LogP contribution in [0.4, 0.5) is 0 Å². The van der Waals surface area contributed by atoms with Crippen molar-refractivity contribution in [3.8, 4) is 11.8 Å². The highest BCUT2D eigenvalue weighted by Crippen LogP contribution is 2.16. The highest BCUT2D eigenvalue weighted by molar-refractivity contribution is 5.42. The zero-order valence-corrected chi connectivity index (χ0v) is 10.6. The smallest absolute Gasteiger partial charge is 0.137 e. The number of ether oxygens (including phenoxy) is 1. The minimum absolute atomic E-state index is 0.523. The first-order chi connectivity index (χ1) is 8.72. The van der Waals surface area contributed by atoms with Crippen LogP contribution in [-0.2, 0) is 6.54 Å². The summed E-state index contributed by atoms with van der Waals surface area (Å²) in [5.41, 5.74) is 2.75. The van der Waals surface area contributed by atoms with Crippen molar-refractivity contribution in [1.29, 1.82) is 5.26 Å². The number of nitrogens with zero attached hydrogens (tertiary/aromatic N) is 3. The first-order valence-electron chi connectivity index (χ1n) is 5.82. The molecule has 1 heterocycles. The number of hydrogen-bond acceptors (Lipinski definition) is 3. The molecule has 92 valence electrons. The van der Waals surface area contributed by atoms with Crippen molar-refractivity contribution in [1.82, 2.24) is 9.55 Å². The number of rotatable bonds is 4. The Morgan fingerprint density at radius 2 is 2.11 bits per heavy atom. The Balaban J connectivity index is 1.97. The van der Waals surface area contributed by atoms with Gasteiger partial charge in [-0.2, -0.15) is 5.26 Å². The summed E-state index contributed by atoms with van der Waals surface area (Å²) in [6, 6.07) is 9.37. The summed E-state index contributed by atoms with van der Waals surface area (Å²) in [7, 11) is 0. The van der Waals surface area contributed by atoms with Crippen molar-refractivity contribution < 1.29 is 4.74 Å². The van der Waals surface area contributed by atoms with Crippen molar-refractivity contribution in [3.63, 3.8) is 0 Å². The maximum atomic E-state index is 8.94. The number of imidazole rings is 1. The Kier molecular flexibility index (Phi) is 3.63. The average molecular weight is 241 g/mol. The first kappa shape index (κ1) is 12.2. The fourth-order valence-electron chi connectivity index (χ4n) is 1.71. The van der Waals surface area contributed by atoms with Gasteiger partial charge in [-0.05, 0) is 26.0 Å². The second kappa shape index (κ2) is 5.37. The Labute approximate surface area is 106 Å². The van der Waals surface area contributed by atoms with Crippen LogP contribution in [0, 0.1) is 25.2 Å². The highest BCUT2D eigenvalue weighted by atomic mass is 16.5. The third kappa shape index (κ3) is 2.51. The average Bonchev–Trinajstić information content (AvgIpc) is 2.71. The lowest BCUT2D eigenvalue weighted by Gasteiger charge is -2.09. The van der Waals surface area contributed by atoms with E-state index in [1.54, 1.807) is 6.07 Å². The Hall–Kier alpha value is -2.28. The Morgan fingerprint density at radius 3 is 2.78 bits per heavy atom. The van der Waals surface area contributed by atoms with E-state index in [9.17, 15) is 0 Å². The molecule has 2 rings (SSSR count). The Morgan fingerprint density at radius 1 is 1.33 bits per heavy atom. The van der Waals surface area contributed by atoms with Crippen molar-refractivity contribution in [2.75, 3.05) is 6.61 Å². The van der Waals surface area contributed by atoms with E-state index in [0.29, 0.717) is 17.9 Å². The van der Waals surface area contributed by atoms with E-state index < -0.39 is 0 Å². The van der Waals surface area contributed by atoms with E-state index in [4.69, 9.17) is 10.00 Å². The lowest BCUT2D eigenvalue weighted by atomic mass is 10.2. The Bertz CT molecular complexity index is 581. The summed E-state index contributed by atoms with van der Waals surface area (Å²) in [6.07, 6.45) is 1.81. The predicted molar refractivity (Wildman–Crippen MR) is 68.4 cm³/mol. The molecule has 1 aromatic heterocycles. The van der Waals surface area contributed by atoms with Gasteiger partial charge in [0.25, 0.3) is 0 Å². The van der Waals surface area contributed by atoms with E-state index >= 15 is 0 Å². The standard InChI is InChI=1S/C14H15N3O/c1-11-12(2)17(10-16-11)7-8-18-14-6-4-3-5-13(14)9-15/h3-6,10H,7-8H2,1-2H3. The van der Waals surface area contributed by atoms with Crippen molar-refractivity contribution in [2.45, 2.75) is 20.4 Å². The van der Waals surface area contributed by atoms with Crippen molar-refractivity contribution in [3.05, 3.63) is 47.5 Å². The van der Waals surface area contributed by atoms with Gasteiger partial charge in [0.1, 0.15) is 18.4 Å². The zero-order chi connectivity index (χ0) is 13.0. The number of para-hydroxylation sites is 1. The topological polar surface area (TPSA) is 50.8 Å². The second-order valence-electron chi connectivity index (χ2n) is 4.07. The molecule has 0 spiro atoms. The molecule has 0 atom stereocenters.